The van der Waals surface area contributed by atoms with Crippen molar-refractivity contribution in [3.63, 3.8) is 0 Å². The van der Waals surface area contributed by atoms with Gasteiger partial charge in [-0.1, -0.05) is 0 Å². The lowest BCUT2D eigenvalue weighted by Crippen LogP contribution is -2.36. The summed E-state index contributed by atoms with van der Waals surface area (Å²) in [6.07, 6.45) is 0.825. The molecule has 12 heteroatoms. The number of nitrogens with zero attached hydrogens (tertiary/aromatic N) is 4. The highest BCUT2D eigenvalue weighted by molar-refractivity contribution is 5.82. The zero-order valence-corrected chi connectivity index (χ0v) is 16.2. The summed E-state index contributed by atoms with van der Waals surface area (Å²) in [7, 11) is 0. The number of amides is 1. The number of carbonyl (C=O) groups is 1. The third-order valence-corrected chi connectivity index (χ3v) is 5.52. The minimum Gasteiger partial charge on any atom is -0.447 e. The van der Waals surface area contributed by atoms with Crippen molar-refractivity contribution in [2.45, 2.75) is 55.9 Å². The van der Waals surface area contributed by atoms with E-state index in [9.17, 15) is 15.0 Å². The average molecular weight is 420 g/mol. The van der Waals surface area contributed by atoms with Crippen molar-refractivity contribution >= 4 is 23.1 Å². The van der Waals surface area contributed by atoms with E-state index in [-0.39, 0.29) is 18.7 Å². The molecule has 30 heavy (non-hydrogen) atoms. The van der Waals surface area contributed by atoms with Crippen LogP contribution in [0.3, 0.4) is 0 Å². The minimum atomic E-state index is -1.24. The van der Waals surface area contributed by atoms with Gasteiger partial charge in [-0.25, -0.2) is 19.7 Å². The van der Waals surface area contributed by atoms with Crippen molar-refractivity contribution in [1.82, 2.24) is 24.8 Å². The summed E-state index contributed by atoms with van der Waals surface area (Å²) in [5.74, 6) is 0.568. The Hall–Kier alpha value is -2.54. The standard InChI is InChI=1S/C18H24N6O6/c25-13-11(6-29-18(27)23-9-1-2-9)30-17(14(13)26)24-8-21-12-15(19-7-20-16(12)24)22-10-3-4-28-5-10/h7-11,13-14,17,25-26H,1-6H2,(H,23,27)(H,19,20,22)/t10-,11?,13?,14?,17?/m1/s1. The van der Waals surface area contributed by atoms with Crippen LogP contribution in [0.5, 0.6) is 0 Å². The molecule has 2 aromatic rings. The first kappa shape index (κ1) is 19.4. The highest BCUT2D eigenvalue weighted by Crippen LogP contribution is 2.32. The van der Waals surface area contributed by atoms with Gasteiger partial charge in [0, 0.05) is 12.6 Å². The summed E-state index contributed by atoms with van der Waals surface area (Å²) in [6.45, 7) is 1.12. The molecule has 4 unspecified atom stereocenters. The summed E-state index contributed by atoms with van der Waals surface area (Å²) in [5, 5.41) is 26.9. The topological polar surface area (TPSA) is 153 Å². The van der Waals surface area contributed by atoms with Crippen LogP contribution in [-0.4, -0.2) is 86.0 Å². The summed E-state index contributed by atoms with van der Waals surface area (Å²) >= 11 is 0. The van der Waals surface area contributed by atoms with Crippen LogP contribution in [0.15, 0.2) is 12.7 Å². The van der Waals surface area contributed by atoms with Gasteiger partial charge in [-0.15, -0.1) is 0 Å². The maximum atomic E-state index is 11.7. The third kappa shape index (κ3) is 3.78. The number of carbonyl (C=O) groups excluding carboxylic acids is 1. The fraction of sp³-hybridized carbons (Fsp3) is 0.667. The fourth-order valence-electron chi connectivity index (χ4n) is 3.68. The summed E-state index contributed by atoms with van der Waals surface area (Å²) in [4.78, 5) is 24.6. The molecule has 2 saturated heterocycles. The van der Waals surface area contributed by atoms with Crippen molar-refractivity contribution < 1.29 is 29.2 Å². The molecule has 12 nitrogen and oxygen atoms in total. The molecule has 0 bridgehead atoms. The number of aromatic nitrogens is 4. The molecule has 2 aromatic heterocycles. The van der Waals surface area contributed by atoms with Crippen LogP contribution in [0.1, 0.15) is 25.5 Å². The van der Waals surface area contributed by atoms with Crippen molar-refractivity contribution in [3.8, 4) is 0 Å². The van der Waals surface area contributed by atoms with E-state index in [1.165, 1.54) is 12.7 Å². The second kappa shape index (κ2) is 7.95. The molecule has 5 atom stereocenters. The van der Waals surface area contributed by atoms with Crippen LogP contribution >= 0.6 is 0 Å². The molecule has 0 radical (unpaired) electrons. The number of hydrogen-bond donors (Lipinski definition) is 4. The Morgan fingerprint density at radius 1 is 1.20 bits per heavy atom. The molecule has 4 heterocycles. The Kier molecular flexibility index (Phi) is 5.15. The zero-order chi connectivity index (χ0) is 20.7. The van der Waals surface area contributed by atoms with E-state index in [1.54, 1.807) is 4.57 Å². The lowest BCUT2D eigenvalue weighted by atomic mass is 10.1. The van der Waals surface area contributed by atoms with Crippen LogP contribution in [-0.2, 0) is 14.2 Å². The molecule has 1 saturated carbocycles. The lowest BCUT2D eigenvalue weighted by Gasteiger charge is -2.17. The molecule has 4 N–H and O–H groups in total. The van der Waals surface area contributed by atoms with Gasteiger partial charge in [0.1, 0.15) is 31.2 Å². The van der Waals surface area contributed by atoms with Crippen molar-refractivity contribution in [2.24, 2.45) is 0 Å². The predicted octanol–water partition coefficient (Wildman–Crippen LogP) is -0.465. The Balaban J connectivity index is 1.30. The predicted molar refractivity (Wildman–Crippen MR) is 102 cm³/mol. The molecule has 162 valence electrons. The SMILES string of the molecule is O=C(NC1CC1)OCC1OC(n2cnc3c(N[C@@H]4CCOC4)ncnc32)C(O)C1O. The number of fused-ring (bicyclic) bond motifs is 1. The Bertz CT molecular complexity index is 914. The smallest absolute Gasteiger partial charge is 0.407 e. The van der Waals surface area contributed by atoms with Gasteiger partial charge in [0.25, 0.3) is 0 Å². The molecule has 5 rings (SSSR count). The second-order valence-electron chi connectivity index (χ2n) is 7.81. The van der Waals surface area contributed by atoms with E-state index < -0.39 is 30.6 Å². The number of alkyl carbamates (subject to hydrolysis) is 1. The van der Waals surface area contributed by atoms with E-state index in [0.29, 0.717) is 30.2 Å². The van der Waals surface area contributed by atoms with E-state index in [0.717, 1.165) is 19.3 Å². The largest absolute Gasteiger partial charge is 0.447 e. The van der Waals surface area contributed by atoms with Gasteiger partial charge in [0.05, 0.1) is 19.0 Å². The fourth-order valence-corrected chi connectivity index (χ4v) is 3.68. The number of aliphatic hydroxyl groups excluding tert-OH is 2. The summed E-state index contributed by atoms with van der Waals surface area (Å²) < 4.78 is 17.8. The van der Waals surface area contributed by atoms with Crippen molar-refractivity contribution in [2.75, 3.05) is 25.1 Å². The first-order chi connectivity index (χ1) is 14.6. The number of nitrogens with one attached hydrogen (secondary N) is 2. The minimum absolute atomic E-state index is 0.145. The van der Waals surface area contributed by atoms with Gasteiger partial charge in [-0.2, -0.15) is 0 Å². The highest BCUT2D eigenvalue weighted by Gasteiger charge is 2.45. The first-order valence-corrected chi connectivity index (χ1v) is 10.1. The van der Waals surface area contributed by atoms with Crippen LogP contribution in [0.2, 0.25) is 0 Å². The molecular formula is C18H24N6O6. The Morgan fingerprint density at radius 3 is 2.83 bits per heavy atom. The van der Waals surface area contributed by atoms with Crippen LogP contribution in [0.4, 0.5) is 10.6 Å². The summed E-state index contributed by atoms with van der Waals surface area (Å²) in [5.41, 5.74) is 0.980. The molecule has 0 aromatic carbocycles. The number of rotatable bonds is 6. The number of aliphatic hydroxyl groups is 2. The van der Waals surface area contributed by atoms with Crippen molar-refractivity contribution in [1.29, 1.82) is 0 Å². The quantitative estimate of drug-likeness (QED) is 0.483. The van der Waals surface area contributed by atoms with Gasteiger partial charge in [-0.3, -0.25) is 4.57 Å². The van der Waals surface area contributed by atoms with Gasteiger partial charge in [-0.05, 0) is 19.3 Å². The second-order valence-corrected chi connectivity index (χ2v) is 7.81. The van der Waals surface area contributed by atoms with E-state index in [2.05, 4.69) is 25.6 Å². The van der Waals surface area contributed by atoms with Gasteiger partial charge in [0.2, 0.25) is 0 Å². The van der Waals surface area contributed by atoms with Crippen LogP contribution in [0, 0.1) is 0 Å². The molecule has 0 spiro atoms. The van der Waals surface area contributed by atoms with Gasteiger partial charge >= 0.3 is 6.09 Å². The molecule has 1 aliphatic carbocycles. The number of ether oxygens (including phenoxy) is 3. The van der Waals surface area contributed by atoms with E-state index in [4.69, 9.17) is 14.2 Å². The van der Waals surface area contributed by atoms with Gasteiger partial charge in [0.15, 0.2) is 23.2 Å². The lowest BCUT2D eigenvalue weighted by molar-refractivity contribution is -0.0533. The summed E-state index contributed by atoms with van der Waals surface area (Å²) in [6, 6.07) is 0.313. The molecule has 2 aliphatic heterocycles. The maximum Gasteiger partial charge on any atom is 0.407 e. The normalized spacial score (nSPS) is 31.2. The third-order valence-electron chi connectivity index (χ3n) is 5.52. The van der Waals surface area contributed by atoms with Crippen LogP contribution < -0.4 is 10.6 Å². The number of hydrogen-bond acceptors (Lipinski definition) is 10. The maximum absolute atomic E-state index is 11.7. The number of anilines is 1. The monoisotopic (exact) mass is 420 g/mol. The van der Waals surface area contributed by atoms with Crippen LogP contribution in [0.25, 0.3) is 11.2 Å². The first-order valence-electron chi connectivity index (χ1n) is 10.1. The average Bonchev–Trinajstić information content (AvgIpc) is 3.12. The zero-order valence-electron chi connectivity index (χ0n) is 16.2. The number of imidazole rings is 1. The highest BCUT2D eigenvalue weighted by atomic mass is 16.6. The van der Waals surface area contributed by atoms with E-state index >= 15 is 0 Å². The van der Waals surface area contributed by atoms with E-state index in [1.807, 2.05) is 0 Å². The Morgan fingerprint density at radius 2 is 2.07 bits per heavy atom. The van der Waals surface area contributed by atoms with Gasteiger partial charge < -0.3 is 35.1 Å². The van der Waals surface area contributed by atoms with Crippen molar-refractivity contribution in [3.05, 3.63) is 12.7 Å². The molecule has 1 amide bonds. The molecular weight excluding hydrogens is 396 g/mol. The molecule has 3 fully saturated rings. The Labute approximate surface area is 171 Å². The molecule has 3 aliphatic rings.